The Balaban J connectivity index is 1.60. The van der Waals surface area contributed by atoms with E-state index < -0.39 is 5.54 Å². The number of urea groups is 1. The van der Waals surface area contributed by atoms with Crippen molar-refractivity contribution in [1.82, 2.24) is 10.2 Å². The van der Waals surface area contributed by atoms with Gasteiger partial charge in [-0.15, -0.1) is 0 Å². The topological polar surface area (TPSA) is 47.9 Å². The number of rotatable bonds is 4. The van der Waals surface area contributed by atoms with E-state index in [-0.39, 0.29) is 17.9 Å². The zero-order valence-corrected chi connectivity index (χ0v) is 16.9. The van der Waals surface area contributed by atoms with E-state index in [4.69, 9.17) is 0 Å². The Labute approximate surface area is 171 Å². The van der Waals surface area contributed by atoms with E-state index in [1.54, 1.807) is 17.0 Å². The van der Waals surface area contributed by atoms with Crippen LogP contribution in [0.3, 0.4) is 0 Å². The van der Waals surface area contributed by atoms with Crippen LogP contribution in [0.4, 0.5) is 14.9 Å². The Morgan fingerprint density at radius 2 is 1.83 bits per heavy atom. The van der Waals surface area contributed by atoms with Gasteiger partial charge in [0.1, 0.15) is 17.2 Å². The first-order valence-electron chi connectivity index (χ1n) is 10.2. The van der Waals surface area contributed by atoms with E-state index in [0.29, 0.717) is 11.5 Å². The third-order valence-corrected chi connectivity index (χ3v) is 5.69. The smallest absolute Gasteiger partial charge is 0.350 e. The van der Waals surface area contributed by atoms with Crippen LogP contribution >= 0.6 is 0 Å². The summed E-state index contributed by atoms with van der Waals surface area (Å²) in [6, 6.07) is 16.5. The van der Waals surface area contributed by atoms with Gasteiger partial charge >= 0.3 is 6.03 Å². The van der Waals surface area contributed by atoms with Crippen molar-refractivity contribution in [2.45, 2.75) is 44.8 Å². The number of carbonyl (C=O) groups is 1. The summed E-state index contributed by atoms with van der Waals surface area (Å²) in [5.74, 6) is 0.360. The molecule has 1 N–H and O–H groups in total. The maximum atomic E-state index is 13.9. The number of benzene rings is 2. The lowest BCUT2D eigenvalue weighted by molar-refractivity contribution is 0.182. The first-order valence-corrected chi connectivity index (χ1v) is 10.2. The van der Waals surface area contributed by atoms with Gasteiger partial charge in [-0.1, -0.05) is 36.4 Å². The minimum atomic E-state index is -0.553. The molecule has 1 saturated heterocycles. The van der Waals surface area contributed by atoms with Gasteiger partial charge in [0.25, 0.3) is 0 Å². The predicted octanol–water partition coefficient (Wildman–Crippen LogP) is 4.20. The van der Waals surface area contributed by atoms with Gasteiger partial charge in [-0.3, -0.25) is 9.80 Å². The summed E-state index contributed by atoms with van der Waals surface area (Å²) < 4.78 is 13.9. The summed E-state index contributed by atoms with van der Waals surface area (Å²) >= 11 is 0. The maximum absolute atomic E-state index is 13.9. The third-order valence-electron chi connectivity index (χ3n) is 5.69. The Morgan fingerprint density at radius 3 is 2.48 bits per heavy atom. The summed E-state index contributed by atoms with van der Waals surface area (Å²) in [6.45, 7) is 6.64. The first kappa shape index (κ1) is 19.6. The van der Waals surface area contributed by atoms with E-state index in [1.807, 2.05) is 19.9 Å². The predicted molar refractivity (Wildman–Crippen MR) is 114 cm³/mol. The number of amidine groups is 1. The zero-order valence-electron chi connectivity index (χ0n) is 16.9. The highest BCUT2D eigenvalue weighted by molar-refractivity contribution is 6.16. The number of nitrogens with one attached hydrogen (secondary N) is 1. The number of aliphatic imine (C=N–C) groups is 1. The molecular formula is C23H27FN4O. The van der Waals surface area contributed by atoms with Crippen molar-refractivity contribution >= 4 is 17.6 Å². The van der Waals surface area contributed by atoms with Gasteiger partial charge < -0.3 is 5.32 Å². The lowest BCUT2D eigenvalue weighted by atomic mass is 9.84. The molecule has 0 bridgehead atoms. The number of piperidine rings is 1. The molecule has 2 amide bonds. The second-order valence-corrected chi connectivity index (χ2v) is 8.15. The molecule has 6 heteroatoms. The summed E-state index contributed by atoms with van der Waals surface area (Å²) in [5.41, 5.74) is 1.29. The number of nitrogens with zero attached hydrogens (tertiary/aromatic N) is 3. The van der Waals surface area contributed by atoms with Crippen LogP contribution < -0.4 is 10.2 Å². The zero-order chi connectivity index (χ0) is 20.4. The third kappa shape index (κ3) is 3.90. The summed E-state index contributed by atoms with van der Waals surface area (Å²) in [7, 11) is 0. The summed E-state index contributed by atoms with van der Waals surface area (Å²) in [4.78, 5) is 21.3. The van der Waals surface area contributed by atoms with Crippen LogP contribution in [-0.2, 0) is 6.54 Å². The van der Waals surface area contributed by atoms with Gasteiger partial charge in [-0.2, -0.15) is 4.99 Å². The molecule has 2 heterocycles. The Bertz CT molecular complexity index is 904. The number of likely N-dealkylation sites (tertiary alicyclic amines) is 1. The molecule has 2 aliphatic rings. The largest absolute Gasteiger partial charge is 0.369 e. The molecule has 29 heavy (non-hydrogen) atoms. The van der Waals surface area contributed by atoms with E-state index >= 15 is 0 Å². The van der Waals surface area contributed by atoms with Crippen LogP contribution in [0, 0.1) is 5.82 Å². The van der Waals surface area contributed by atoms with Gasteiger partial charge in [0.05, 0.1) is 0 Å². The lowest BCUT2D eigenvalue weighted by Crippen LogP contribution is -2.61. The molecule has 5 nitrogen and oxygen atoms in total. The normalized spacial score (nSPS) is 19.1. The summed E-state index contributed by atoms with van der Waals surface area (Å²) in [6.07, 6.45) is 1.50. The fourth-order valence-electron chi connectivity index (χ4n) is 4.33. The van der Waals surface area contributed by atoms with Gasteiger partial charge in [0.15, 0.2) is 0 Å². The highest BCUT2D eigenvalue weighted by Crippen LogP contribution is 2.39. The molecule has 0 aliphatic carbocycles. The van der Waals surface area contributed by atoms with Crippen molar-refractivity contribution in [3.05, 3.63) is 66.0 Å². The Morgan fingerprint density at radius 1 is 1.10 bits per heavy atom. The van der Waals surface area contributed by atoms with Crippen molar-refractivity contribution in [1.29, 1.82) is 0 Å². The highest BCUT2D eigenvalue weighted by Gasteiger charge is 2.52. The molecule has 0 aromatic heterocycles. The van der Waals surface area contributed by atoms with E-state index in [1.165, 1.54) is 17.7 Å². The van der Waals surface area contributed by atoms with Crippen molar-refractivity contribution < 1.29 is 9.18 Å². The molecule has 152 valence electrons. The van der Waals surface area contributed by atoms with Crippen molar-refractivity contribution in [2.24, 2.45) is 4.99 Å². The molecule has 0 saturated carbocycles. The quantitative estimate of drug-likeness (QED) is 0.846. The number of hydrogen-bond donors (Lipinski definition) is 1. The van der Waals surface area contributed by atoms with Crippen LogP contribution in [0.1, 0.15) is 32.3 Å². The monoisotopic (exact) mass is 394 g/mol. The standard InChI is InChI=1S/C23H27FN4O/c1-17(2)25-21-23(28(22(29)26-21)20-10-6-9-19(24)15-20)11-13-27(14-12-23)16-18-7-4-3-5-8-18/h3-10,15,17H,11-14,16H2,1-2H3,(H,25,26,29). The number of anilines is 1. The van der Waals surface area contributed by atoms with Crippen LogP contribution in [0.15, 0.2) is 59.6 Å². The van der Waals surface area contributed by atoms with Gasteiger partial charge in [0.2, 0.25) is 0 Å². The van der Waals surface area contributed by atoms with Crippen LogP contribution in [0.25, 0.3) is 0 Å². The van der Waals surface area contributed by atoms with Crippen LogP contribution in [-0.4, -0.2) is 41.4 Å². The fourth-order valence-corrected chi connectivity index (χ4v) is 4.33. The highest BCUT2D eigenvalue weighted by atomic mass is 19.1. The second kappa shape index (κ2) is 7.95. The van der Waals surface area contributed by atoms with Crippen LogP contribution in [0.2, 0.25) is 0 Å². The molecule has 1 fully saturated rings. The van der Waals surface area contributed by atoms with Gasteiger partial charge in [0, 0.05) is 31.4 Å². The molecule has 0 unspecified atom stereocenters. The van der Waals surface area contributed by atoms with Crippen molar-refractivity contribution in [3.8, 4) is 0 Å². The number of hydrogen-bond acceptors (Lipinski definition) is 3. The lowest BCUT2D eigenvalue weighted by Gasteiger charge is -2.45. The van der Waals surface area contributed by atoms with Crippen molar-refractivity contribution in [3.63, 3.8) is 0 Å². The van der Waals surface area contributed by atoms with Crippen LogP contribution in [0.5, 0.6) is 0 Å². The fraction of sp³-hybridized carbons (Fsp3) is 0.391. The second-order valence-electron chi connectivity index (χ2n) is 8.15. The first-order chi connectivity index (χ1) is 14.0. The van der Waals surface area contributed by atoms with Gasteiger partial charge in [-0.05, 0) is 50.5 Å². The van der Waals surface area contributed by atoms with Crippen molar-refractivity contribution in [2.75, 3.05) is 18.0 Å². The average molecular weight is 394 g/mol. The summed E-state index contributed by atoms with van der Waals surface area (Å²) in [5, 5.41) is 3.39. The number of carbonyl (C=O) groups excluding carboxylic acids is 1. The molecular weight excluding hydrogens is 367 g/mol. The molecule has 4 rings (SSSR count). The Hall–Kier alpha value is -2.73. The molecule has 2 aromatic carbocycles. The van der Waals surface area contributed by atoms with E-state index in [0.717, 1.165) is 32.5 Å². The molecule has 0 atom stereocenters. The molecule has 2 aromatic rings. The molecule has 1 spiro atoms. The molecule has 2 aliphatic heterocycles. The van der Waals surface area contributed by atoms with E-state index in [9.17, 15) is 9.18 Å². The average Bonchev–Trinajstić information content (AvgIpc) is 2.95. The number of halogens is 1. The number of amides is 2. The minimum Gasteiger partial charge on any atom is -0.369 e. The Kier molecular flexibility index (Phi) is 5.37. The van der Waals surface area contributed by atoms with Gasteiger partial charge in [-0.25, -0.2) is 9.18 Å². The SMILES string of the molecule is CC(C)NC1=NC(=O)N(c2cccc(F)c2)C12CCN(Cc1ccccc1)CC2. The van der Waals surface area contributed by atoms with E-state index in [2.05, 4.69) is 39.5 Å². The maximum Gasteiger partial charge on any atom is 0.350 e. The minimum absolute atomic E-state index is 0.160. The molecule has 0 radical (unpaired) electrons.